The van der Waals surface area contributed by atoms with Gasteiger partial charge in [-0.3, -0.25) is 14.7 Å². The van der Waals surface area contributed by atoms with Crippen LogP contribution in [0.15, 0.2) is 18.6 Å². The SMILES string of the molecule is COC(=O)C(C)N(C=O)c1cnccn1. The standard InChI is InChI=1S/C9H11N3O3/c1-7(9(14)15-2)12(6-13)8-5-10-3-4-11-8/h3-7H,1-2H3. The molecule has 0 spiro atoms. The van der Waals surface area contributed by atoms with E-state index >= 15 is 0 Å². The number of esters is 1. The Morgan fingerprint density at radius 3 is 2.80 bits per heavy atom. The molecule has 0 aliphatic heterocycles. The van der Waals surface area contributed by atoms with E-state index in [0.717, 1.165) is 4.90 Å². The number of nitrogens with zero attached hydrogens (tertiary/aromatic N) is 3. The maximum atomic E-state index is 11.2. The van der Waals surface area contributed by atoms with Crippen LogP contribution in [-0.2, 0) is 14.3 Å². The minimum absolute atomic E-state index is 0.311. The fourth-order valence-electron chi connectivity index (χ4n) is 1.05. The number of anilines is 1. The van der Waals surface area contributed by atoms with Gasteiger partial charge in [0, 0.05) is 12.4 Å². The largest absolute Gasteiger partial charge is 0.467 e. The molecule has 1 amide bonds. The summed E-state index contributed by atoms with van der Waals surface area (Å²) in [5.74, 6) is -0.196. The van der Waals surface area contributed by atoms with Gasteiger partial charge in [0.1, 0.15) is 6.04 Å². The van der Waals surface area contributed by atoms with E-state index in [-0.39, 0.29) is 0 Å². The zero-order valence-electron chi connectivity index (χ0n) is 8.45. The molecule has 0 saturated carbocycles. The van der Waals surface area contributed by atoms with E-state index in [1.165, 1.54) is 25.7 Å². The van der Waals surface area contributed by atoms with Crippen molar-refractivity contribution in [1.29, 1.82) is 0 Å². The molecular weight excluding hydrogens is 198 g/mol. The van der Waals surface area contributed by atoms with Crippen molar-refractivity contribution in [2.24, 2.45) is 0 Å². The summed E-state index contributed by atoms with van der Waals surface area (Å²) in [6, 6.07) is -0.718. The van der Waals surface area contributed by atoms with Crippen LogP contribution in [0, 0.1) is 0 Å². The average molecular weight is 209 g/mol. The third kappa shape index (κ3) is 2.49. The summed E-state index contributed by atoms with van der Waals surface area (Å²) in [7, 11) is 1.26. The normalized spacial score (nSPS) is 11.6. The van der Waals surface area contributed by atoms with Crippen molar-refractivity contribution in [3.05, 3.63) is 18.6 Å². The van der Waals surface area contributed by atoms with Gasteiger partial charge in [-0.25, -0.2) is 9.78 Å². The smallest absolute Gasteiger partial charge is 0.328 e. The van der Waals surface area contributed by atoms with E-state index in [4.69, 9.17) is 0 Å². The summed E-state index contributed by atoms with van der Waals surface area (Å²) in [4.78, 5) is 30.9. The van der Waals surface area contributed by atoms with Crippen molar-refractivity contribution in [1.82, 2.24) is 9.97 Å². The van der Waals surface area contributed by atoms with E-state index in [1.54, 1.807) is 6.92 Å². The average Bonchev–Trinajstić information content (AvgIpc) is 2.30. The lowest BCUT2D eigenvalue weighted by Crippen LogP contribution is -2.39. The van der Waals surface area contributed by atoms with Crippen molar-refractivity contribution in [3.8, 4) is 0 Å². The van der Waals surface area contributed by atoms with Gasteiger partial charge in [0.25, 0.3) is 0 Å². The van der Waals surface area contributed by atoms with Crippen LogP contribution in [0.1, 0.15) is 6.92 Å². The highest BCUT2D eigenvalue weighted by Gasteiger charge is 2.22. The molecule has 1 atom stereocenters. The van der Waals surface area contributed by atoms with Gasteiger partial charge in [0.15, 0.2) is 5.82 Å². The van der Waals surface area contributed by atoms with Crippen molar-refractivity contribution in [2.75, 3.05) is 12.0 Å². The fourth-order valence-corrected chi connectivity index (χ4v) is 1.05. The van der Waals surface area contributed by atoms with E-state index in [1.807, 2.05) is 0 Å². The number of hydrogen-bond acceptors (Lipinski definition) is 5. The molecule has 0 saturated heterocycles. The van der Waals surface area contributed by atoms with Gasteiger partial charge in [0.05, 0.1) is 13.3 Å². The Morgan fingerprint density at radius 1 is 1.60 bits per heavy atom. The molecule has 1 unspecified atom stereocenters. The minimum Gasteiger partial charge on any atom is -0.467 e. The maximum absolute atomic E-state index is 11.2. The molecular formula is C9H11N3O3. The van der Waals surface area contributed by atoms with Gasteiger partial charge in [-0.15, -0.1) is 0 Å². The number of aromatic nitrogens is 2. The lowest BCUT2D eigenvalue weighted by molar-refractivity contribution is -0.142. The summed E-state index contributed by atoms with van der Waals surface area (Å²) in [6.07, 6.45) is 4.84. The van der Waals surface area contributed by atoms with Gasteiger partial charge in [-0.05, 0) is 6.92 Å². The van der Waals surface area contributed by atoms with Crippen LogP contribution in [0.4, 0.5) is 5.82 Å². The van der Waals surface area contributed by atoms with Gasteiger partial charge in [-0.2, -0.15) is 0 Å². The molecule has 0 N–H and O–H groups in total. The van der Waals surface area contributed by atoms with Gasteiger partial charge in [-0.1, -0.05) is 0 Å². The maximum Gasteiger partial charge on any atom is 0.328 e. The molecule has 0 aromatic carbocycles. The second-order valence-electron chi connectivity index (χ2n) is 2.78. The number of amides is 1. The van der Waals surface area contributed by atoms with Crippen LogP contribution in [0.25, 0.3) is 0 Å². The van der Waals surface area contributed by atoms with Crippen LogP contribution in [0.3, 0.4) is 0 Å². The lowest BCUT2D eigenvalue weighted by Gasteiger charge is -2.21. The van der Waals surface area contributed by atoms with Crippen molar-refractivity contribution >= 4 is 18.2 Å². The summed E-state index contributed by atoms with van der Waals surface area (Å²) in [5.41, 5.74) is 0. The molecule has 0 fully saturated rings. The van der Waals surface area contributed by atoms with Crippen LogP contribution in [0.2, 0.25) is 0 Å². The Hall–Kier alpha value is -1.98. The van der Waals surface area contributed by atoms with Crippen LogP contribution in [-0.4, -0.2) is 35.5 Å². The molecule has 6 heteroatoms. The van der Waals surface area contributed by atoms with Crippen LogP contribution < -0.4 is 4.90 Å². The Kier molecular flexibility index (Phi) is 3.73. The first kappa shape index (κ1) is 11.1. The third-order valence-electron chi connectivity index (χ3n) is 1.89. The zero-order valence-corrected chi connectivity index (χ0v) is 8.45. The number of carbonyl (C=O) groups is 2. The summed E-state index contributed by atoms with van der Waals surface area (Å²) in [6.45, 7) is 1.55. The molecule has 0 radical (unpaired) electrons. The van der Waals surface area contributed by atoms with E-state index < -0.39 is 12.0 Å². The van der Waals surface area contributed by atoms with Crippen molar-refractivity contribution in [2.45, 2.75) is 13.0 Å². The van der Waals surface area contributed by atoms with Crippen LogP contribution in [0.5, 0.6) is 0 Å². The first-order valence-electron chi connectivity index (χ1n) is 4.28. The Balaban J connectivity index is 2.89. The fraction of sp³-hybridized carbons (Fsp3) is 0.333. The molecule has 0 aliphatic rings. The monoisotopic (exact) mass is 209 g/mol. The van der Waals surface area contributed by atoms with E-state index in [9.17, 15) is 9.59 Å². The number of methoxy groups -OCH3 is 1. The van der Waals surface area contributed by atoms with E-state index in [2.05, 4.69) is 14.7 Å². The molecule has 1 aromatic heterocycles. The first-order valence-corrected chi connectivity index (χ1v) is 4.28. The summed E-state index contributed by atoms with van der Waals surface area (Å²) in [5, 5.41) is 0. The van der Waals surface area contributed by atoms with Gasteiger partial charge >= 0.3 is 5.97 Å². The Bertz CT molecular complexity index is 342. The number of hydrogen-bond donors (Lipinski definition) is 0. The first-order chi connectivity index (χ1) is 7.20. The number of carbonyl (C=O) groups excluding carboxylic acids is 2. The van der Waals surface area contributed by atoms with Crippen molar-refractivity contribution < 1.29 is 14.3 Å². The highest BCUT2D eigenvalue weighted by Crippen LogP contribution is 2.10. The molecule has 1 heterocycles. The molecule has 0 aliphatic carbocycles. The third-order valence-corrected chi connectivity index (χ3v) is 1.89. The van der Waals surface area contributed by atoms with E-state index in [0.29, 0.717) is 12.2 Å². The summed E-state index contributed by atoms with van der Waals surface area (Å²) >= 11 is 0. The summed E-state index contributed by atoms with van der Waals surface area (Å²) < 4.78 is 4.53. The highest BCUT2D eigenvalue weighted by atomic mass is 16.5. The van der Waals surface area contributed by atoms with Crippen molar-refractivity contribution in [3.63, 3.8) is 0 Å². The minimum atomic E-state index is -0.718. The topological polar surface area (TPSA) is 72.4 Å². The number of rotatable bonds is 4. The number of ether oxygens (including phenoxy) is 1. The predicted octanol–water partition coefficient (Wildman–Crippen LogP) is 0.000900. The highest BCUT2D eigenvalue weighted by molar-refractivity contribution is 5.87. The quantitative estimate of drug-likeness (QED) is 0.515. The molecule has 1 rings (SSSR count). The zero-order chi connectivity index (χ0) is 11.3. The molecule has 15 heavy (non-hydrogen) atoms. The Labute approximate surface area is 86.9 Å². The second-order valence-corrected chi connectivity index (χ2v) is 2.78. The Morgan fingerprint density at radius 2 is 2.33 bits per heavy atom. The molecule has 6 nitrogen and oxygen atoms in total. The molecule has 80 valence electrons. The predicted molar refractivity (Wildman–Crippen MR) is 52.1 cm³/mol. The van der Waals surface area contributed by atoms with Gasteiger partial charge in [0.2, 0.25) is 6.41 Å². The molecule has 0 bridgehead atoms. The van der Waals surface area contributed by atoms with Gasteiger partial charge < -0.3 is 4.74 Å². The second kappa shape index (κ2) is 5.04. The van der Waals surface area contributed by atoms with Crippen LogP contribution >= 0.6 is 0 Å². The molecule has 1 aromatic rings. The lowest BCUT2D eigenvalue weighted by atomic mass is 10.3.